The van der Waals surface area contributed by atoms with Crippen LogP contribution in [0.2, 0.25) is 0 Å². The number of halogens is 1. The van der Waals surface area contributed by atoms with Crippen LogP contribution in [0.4, 0.5) is 4.39 Å². The molecule has 0 radical (unpaired) electrons. The van der Waals surface area contributed by atoms with E-state index in [0.29, 0.717) is 30.3 Å². The smallest absolute Gasteiger partial charge is 0.271 e. The number of benzene rings is 1. The zero-order valence-electron chi connectivity index (χ0n) is 15.4. The number of nitrogens with one attached hydrogen (secondary N) is 2. The zero-order valence-corrected chi connectivity index (χ0v) is 15.4. The molecule has 1 amide bonds. The lowest BCUT2D eigenvalue weighted by Gasteiger charge is -2.14. The van der Waals surface area contributed by atoms with Crippen LogP contribution < -0.4 is 5.32 Å². The van der Waals surface area contributed by atoms with E-state index in [0.717, 1.165) is 42.9 Å². The topological polar surface area (TPSA) is 88.5 Å². The molecule has 2 aliphatic heterocycles. The van der Waals surface area contributed by atoms with Crippen LogP contribution >= 0.6 is 0 Å². The van der Waals surface area contributed by atoms with Crippen LogP contribution in [0.3, 0.4) is 0 Å². The summed E-state index contributed by atoms with van der Waals surface area (Å²) in [6.07, 6.45) is 4.92. The molecule has 4 heterocycles. The quantitative estimate of drug-likeness (QED) is 0.715. The van der Waals surface area contributed by atoms with Gasteiger partial charge in [-0.25, -0.2) is 9.37 Å². The minimum absolute atomic E-state index is 0.0506. The van der Waals surface area contributed by atoms with Gasteiger partial charge in [0.1, 0.15) is 17.3 Å². The Bertz CT molecular complexity index is 1020. The fourth-order valence-electron chi connectivity index (χ4n) is 4.10. The fourth-order valence-corrected chi connectivity index (χ4v) is 4.10. The second-order valence-electron chi connectivity index (χ2n) is 7.48. The molecule has 2 aromatic heterocycles. The number of nitrogens with zero attached hydrogens (tertiary/aromatic N) is 4. The number of aromatic amines is 1. The minimum Gasteiger partial charge on any atom is -0.350 e. The van der Waals surface area contributed by atoms with Crippen molar-refractivity contribution >= 4 is 5.91 Å². The third-order valence-corrected chi connectivity index (χ3v) is 5.62. The molecule has 3 aromatic rings. The summed E-state index contributed by atoms with van der Waals surface area (Å²) in [5, 5.41) is 11.6. The number of aryl methyl sites for hydroxylation is 1. The molecule has 28 heavy (non-hydrogen) atoms. The maximum Gasteiger partial charge on any atom is 0.271 e. The SMILES string of the molecule is O=C1NC[C@H](c2ccc(F)cc2)Cc2[nH]c(-c3nnc4n3CCCCC4)nc21. The summed E-state index contributed by atoms with van der Waals surface area (Å²) in [6, 6.07) is 6.44. The van der Waals surface area contributed by atoms with Crippen molar-refractivity contribution < 1.29 is 9.18 Å². The van der Waals surface area contributed by atoms with Crippen LogP contribution in [-0.2, 0) is 19.4 Å². The number of carbonyl (C=O) groups is 1. The largest absolute Gasteiger partial charge is 0.350 e. The van der Waals surface area contributed by atoms with Gasteiger partial charge < -0.3 is 14.9 Å². The Morgan fingerprint density at radius 3 is 2.82 bits per heavy atom. The van der Waals surface area contributed by atoms with E-state index in [1.165, 1.54) is 18.6 Å². The molecule has 0 aliphatic carbocycles. The monoisotopic (exact) mass is 380 g/mol. The highest BCUT2D eigenvalue weighted by atomic mass is 19.1. The molecule has 0 spiro atoms. The standard InChI is InChI=1S/C20H21FN6O/c21-14-7-5-12(6-8-14)13-10-15-17(20(28)22-11-13)24-18(23-15)19-26-25-16-4-2-1-3-9-27(16)19/h5-8,13H,1-4,9-11H2,(H,22,28)(H,23,24)/t13-/m1/s1. The van der Waals surface area contributed by atoms with Crippen molar-refractivity contribution in [3.8, 4) is 11.6 Å². The molecule has 0 bridgehead atoms. The van der Waals surface area contributed by atoms with E-state index in [1.807, 2.05) is 0 Å². The summed E-state index contributed by atoms with van der Waals surface area (Å²) < 4.78 is 15.4. The highest BCUT2D eigenvalue weighted by Gasteiger charge is 2.28. The minimum atomic E-state index is -0.265. The maximum absolute atomic E-state index is 13.3. The van der Waals surface area contributed by atoms with Crippen molar-refractivity contribution in [1.82, 2.24) is 30.0 Å². The molecular formula is C20H21FN6O. The number of hydrogen-bond acceptors (Lipinski definition) is 4. The third-order valence-electron chi connectivity index (χ3n) is 5.62. The summed E-state index contributed by atoms with van der Waals surface area (Å²) >= 11 is 0. The molecule has 0 fully saturated rings. The first-order valence-electron chi connectivity index (χ1n) is 9.74. The van der Waals surface area contributed by atoms with Crippen molar-refractivity contribution in [3.05, 3.63) is 52.9 Å². The van der Waals surface area contributed by atoms with Crippen LogP contribution in [0.5, 0.6) is 0 Å². The Balaban J connectivity index is 1.50. The van der Waals surface area contributed by atoms with Gasteiger partial charge in [0.25, 0.3) is 5.91 Å². The first kappa shape index (κ1) is 17.1. The Hall–Kier alpha value is -3.03. The van der Waals surface area contributed by atoms with Crippen molar-refractivity contribution in [3.63, 3.8) is 0 Å². The van der Waals surface area contributed by atoms with Crippen molar-refractivity contribution in [2.24, 2.45) is 0 Å². The number of carbonyl (C=O) groups excluding carboxylic acids is 1. The number of imidazole rings is 1. The molecule has 5 rings (SSSR count). The fraction of sp³-hybridized carbons (Fsp3) is 0.400. The van der Waals surface area contributed by atoms with E-state index in [1.54, 1.807) is 12.1 Å². The molecule has 8 heteroatoms. The first-order chi connectivity index (χ1) is 13.7. The van der Waals surface area contributed by atoms with Gasteiger partial charge in [0.05, 0.1) is 0 Å². The summed E-state index contributed by atoms with van der Waals surface area (Å²) in [5.74, 6) is 1.84. The average Bonchev–Trinajstić information content (AvgIpc) is 3.17. The van der Waals surface area contributed by atoms with Gasteiger partial charge >= 0.3 is 0 Å². The van der Waals surface area contributed by atoms with Gasteiger partial charge in [-0.2, -0.15) is 0 Å². The van der Waals surface area contributed by atoms with Gasteiger partial charge in [-0.1, -0.05) is 18.6 Å². The number of rotatable bonds is 2. The predicted octanol–water partition coefficient (Wildman–Crippen LogP) is 2.60. The summed E-state index contributed by atoms with van der Waals surface area (Å²) in [5.41, 5.74) is 2.18. The van der Waals surface area contributed by atoms with Gasteiger partial charge in [0.15, 0.2) is 11.6 Å². The van der Waals surface area contributed by atoms with Crippen LogP contribution in [-0.4, -0.2) is 37.2 Å². The van der Waals surface area contributed by atoms with Crippen LogP contribution in [0.15, 0.2) is 24.3 Å². The van der Waals surface area contributed by atoms with E-state index in [9.17, 15) is 9.18 Å². The van der Waals surface area contributed by atoms with Gasteiger partial charge in [-0.3, -0.25) is 4.79 Å². The normalized spacial score (nSPS) is 19.3. The lowest BCUT2D eigenvalue weighted by atomic mass is 9.94. The van der Waals surface area contributed by atoms with Crippen molar-refractivity contribution in [2.75, 3.05) is 6.54 Å². The lowest BCUT2D eigenvalue weighted by Crippen LogP contribution is -2.26. The highest BCUT2D eigenvalue weighted by Crippen LogP contribution is 2.27. The molecule has 0 saturated carbocycles. The molecule has 0 saturated heterocycles. The van der Waals surface area contributed by atoms with Gasteiger partial charge in [0.2, 0.25) is 0 Å². The van der Waals surface area contributed by atoms with E-state index in [-0.39, 0.29) is 17.6 Å². The van der Waals surface area contributed by atoms with Crippen LogP contribution in [0.25, 0.3) is 11.6 Å². The second-order valence-corrected chi connectivity index (χ2v) is 7.48. The maximum atomic E-state index is 13.3. The number of H-pyrrole nitrogens is 1. The summed E-state index contributed by atoms with van der Waals surface area (Å²) in [6.45, 7) is 1.36. The first-order valence-corrected chi connectivity index (χ1v) is 9.74. The van der Waals surface area contributed by atoms with Crippen molar-refractivity contribution in [1.29, 1.82) is 0 Å². The molecule has 2 aliphatic rings. The Kier molecular flexibility index (Phi) is 4.18. The summed E-state index contributed by atoms with van der Waals surface area (Å²) in [4.78, 5) is 20.4. The average molecular weight is 380 g/mol. The Labute approximate surface area is 161 Å². The van der Waals surface area contributed by atoms with Crippen molar-refractivity contribution in [2.45, 2.75) is 44.6 Å². The highest BCUT2D eigenvalue weighted by molar-refractivity contribution is 5.94. The van der Waals surface area contributed by atoms with E-state index >= 15 is 0 Å². The van der Waals surface area contributed by atoms with E-state index < -0.39 is 0 Å². The number of fused-ring (bicyclic) bond motifs is 2. The predicted molar refractivity (Wildman–Crippen MR) is 100 cm³/mol. The van der Waals surface area contributed by atoms with Gasteiger partial charge in [-0.15, -0.1) is 10.2 Å². The molecule has 0 unspecified atom stereocenters. The molecular weight excluding hydrogens is 359 g/mol. The third kappa shape index (κ3) is 2.98. The number of aromatic nitrogens is 5. The Morgan fingerprint density at radius 2 is 1.96 bits per heavy atom. The molecule has 1 aromatic carbocycles. The summed E-state index contributed by atoms with van der Waals surface area (Å²) in [7, 11) is 0. The Morgan fingerprint density at radius 1 is 1.11 bits per heavy atom. The number of hydrogen-bond donors (Lipinski definition) is 2. The van der Waals surface area contributed by atoms with Crippen LogP contribution in [0, 0.1) is 5.82 Å². The zero-order chi connectivity index (χ0) is 19.1. The second kappa shape index (κ2) is 6.85. The molecule has 144 valence electrons. The van der Waals surface area contributed by atoms with E-state index in [4.69, 9.17) is 0 Å². The molecule has 2 N–H and O–H groups in total. The van der Waals surface area contributed by atoms with E-state index in [2.05, 4.69) is 30.0 Å². The lowest BCUT2D eigenvalue weighted by molar-refractivity contribution is 0.0950. The van der Waals surface area contributed by atoms with Gasteiger partial charge in [0, 0.05) is 31.1 Å². The van der Waals surface area contributed by atoms with Gasteiger partial charge in [-0.05, 0) is 37.0 Å². The number of amides is 1. The molecule has 7 nitrogen and oxygen atoms in total. The van der Waals surface area contributed by atoms with Crippen LogP contribution in [0.1, 0.15) is 52.8 Å². The molecule has 1 atom stereocenters.